The Morgan fingerprint density at radius 3 is 2.89 bits per heavy atom. The summed E-state index contributed by atoms with van der Waals surface area (Å²) in [5.74, 6) is -0.158. The summed E-state index contributed by atoms with van der Waals surface area (Å²) in [7, 11) is -3.83. The molecule has 0 radical (unpaired) electrons. The molecule has 6 heteroatoms. The molecule has 100 valence electrons. The van der Waals surface area contributed by atoms with Crippen molar-refractivity contribution < 1.29 is 13.0 Å². The molecular weight excluding hydrogens is 318 g/mol. The molecule has 0 amide bonds. The van der Waals surface area contributed by atoms with E-state index in [1.165, 1.54) is 11.1 Å². The highest BCUT2D eigenvalue weighted by molar-refractivity contribution is 9.10. The molecule has 1 aromatic carbocycles. The van der Waals surface area contributed by atoms with Crippen molar-refractivity contribution in [1.29, 1.82) is 0 Å². The fourth-order valence-corrected chi connectivity index (χ4v) is 3.38. The van der Waals surface area contributed by atoms with Crippen LogP contribution in [0.3, 0.4) is 0 Å². The maximum Gasteiger partial charge on any atom is 0.264 e. The number of fused-ring (bicyclic) bond motifs is 1. The fraction of sp³-hybridized carbons (Fsp3) is 0.500. The van der Waals surface area contributed by atoms with Crippen LogP contribution in [0.4, 0.5) is 0 Å². The Morgan fingerprint density at radius 1 is 1.39 bits per heavy atom. The molecule has 1 aliphatic rings. The molecule has 4 nitrogen and oxygen atoms in total. The first kappa shape index (κ1) is 14.0. The fourth-order valence-electron chi connectivity index (χ4n) is 2.28. The van der Waals surface area contributed by atoms with Gasteiger partial charge in [0.15, 0.2) is 0 Å². The van der Waals surface area contributed by atoms with Gasteiger partial charge in [-0.25, -0.2) is 0 Å². The molecule has 18 heavy (non-hydrogen) atoms. The van der Waals surface area contributed by atoms with Gasteiger partial charge in [0, 0.05) is 17.6 Å². The van der Waals surface area contributed by atoms with E-state index < -0.39 is 10.1 Å². The van der Waals surface area contributed by atoms with E-state index in [4.69, 9.17) is 4.55 Å². The zero-order chi connectivity index (χ0) is 13.2. The van der Waals surface area contributed by atoms with Crippen molar-refractivity contribution in [2.45, 2.75) is 19.4 Å². The molecule has 0 saturated heterocycles. The van der Waals surface area contributed by atoms with Gasteiger partial charge in [-0.15, -0.1) is 0 Å². The predicted octanol–water partition coefficient (Wildman–Crippen LogP) is 2.09. The van der Waals surface area contributed by atoms with Crippen LogP contribution >= 0.6 is 15.9 Å². The molecule has 1 N–H and O–H groups in total. The van der Waals surface area contributed by atoms with E-state index >= 15 is 0 Å². The molecule has 0 unspecified atom stereocenters. The highest BCUT2D eigenvalue weighted by atomic mass is 79.9. The minimum Gasteiger partial charge on any atom is -0.299 e. The molecule has 0 fully saturated rings. The summed E-state index contributed by atoms with van der Waals surface area (Å²) in [6, 6.07) is 6.17. The summed E-state index contributed by atoms with van der Waals surface area (Å²) in [6.07, 6.45) is 1.45. The third kappa shape index (κ3) is 3.78. The Kier molecular flexibility index (Phi) is 4.42. The van der Waals surface area contributed by atoms with E-state index in [0.717, 1.165) is 24.0 Å². The molecule has 0 spiro atoms. The first-order valence-electron chi connectivity index (χ1n) is 5.89. The lowest BCUT2D eigenvalue weighted by Crippen LogP contribution is -2.32. The number of benzene rings is 1. The lowest BCUT2D eigenvalue weighted by atomic mass is 10.00. The lowest BCUT2D eigenvalue weighted by molar-refractivity contribution is 0.254. The van der Waals surface area contributed by atoms with Crippen molar-refractivity contribution in [1.82, 2.24) is 4.90 Å². The molecule has 2 rings (SSSR count). The van der Waals surface area contributed by atoms with Crippen LogP contribution in [-0.4, -0.2) is 36.7 Å². The van der Waals surface area contributed by atoms with Crippen molar-refractivity contribution in [3.63, 3.8) is 0 Å². The van der Waals surface area contributed by atoms with Gasteiger partial charge in [-0.3, -0.25) is 9.45 Å². The molecule has 0 bridgehead atoms. The van der Waals surface area contributed by atoms with Gasteiger partial charge in [-0.05, 0) is 36.6 Å². The second-order valence-corrected chi connectivity index (χ2v) is 6.97. The Morgan fingerprint density at radius 2 is 2.17 bits per heavy atom. The van der Waals surface area contributed by atoms with Crippen LogP contribution in [-0.2, 0) is 23.1 Å². The average Bonchev–Trinajstić information content (AvgIpc) is 2.27. The lowest BCUT2D eigenvalue weighted by Gasteiger charge is -2.29. The highest BCUT2D eigenvalue weighted by Gasteiger charge is 2.18. The summed E-state index contributed by atoms with van der Waals surface area (Å²) in [5.41, 5.74) is 2.64. The quantitative estimate of drug-likeness (QED) is 0.857. The van der Waals surface area contributed by atoms with Crippen molar-refractivity contribution in [3.05, 3.63) is 33.8 Å². The third-order valence-corrected chi connectivity index (χ3v) is 4.71. The maximum absolute atomic E-state index is 10.6. The topological polar surface area (TPSA) is 57.6 Å². The first-order valence-corrected chi connectivity index (χ1v) is 8.30. The summed E-state index contributed by atoms with van der Waals surface area (Å²) in [5, 5.41) is 0. The Balaban J connectivity index is 1.92. The Hall–Kier alpha value is -0.430. The number of halogens is 1. The summed E-state index contributed by atoms with van der Waals surface area (Å²) in [4.78, 5) is 2.22. The van der Waals surface area contributed by atoms with Crippen molar-refractivity contribution in [2.24, 2.45) is 0 Å². The third-order valence-electron chi connectivity index (χ3n) is 3.16. The van der Waals surface area contributed by atoms with Crippen LogP contribution < -0.4 is 0 Å². The molecule has 1 aromatic rings. The van der Waals surface area contributed by atoms with Crippen LogP contribution in [0.2, 0.25) is 0 Å². The Bertz CT molecular complexity index is 530. The Labute approximate surface area is 116 Å². The molecule has 0 saturated carbocycles. The minimum absolute atomic E-state index is 0.158. The normalized spacial score (nSPS) is 16.6. The van der Waals surface area contributed by atoms with Crippen molar-refractivity contribution >= 4 is 26.0 Å². The van der Waals surface area contributed by atoms with Crippen LogP contribution in [0.5, 0.6) is 0 Å². The second kappa shape index (κ2) is 5.69. The zero-order valence-corrected chi connectivity index (χ0v) is 12.4. The SMILES string of the molecule is O=S(=O)(O)CCCN1CCc2c(Br)cccc2C1. The zero-order valence-electron chi connectivity index (χ0n) is 9.97. The van der Waals surface area contributed by atoms with E-state index in [2.05, 4.69) is 26.9 Å². The number of rotatable bonds is 4. The molecule has 1 aliphatic heterocycles. The largest absolute Gasteiger partial charge is 0.299 e. The summed E-state index contributed by atoms with van der Waals surface area (Å²) < 4.78 is 31.1. The van der Waals surface area contributed by atoms with E-state index in [9.17, 15) is 8.42 Å². The van der Waals surface area contributed by atoms with Gasteiger partial charge in [-0.1, -0.05) is 28.1 Å². The standard InChI is InChI=1S/C12H16BrNO3S/c13-12-4-1-3-10-9-14(7-5-11(10)12)6-2-8-18(15,16)17/h1,3-4H,2,5-9H2,(H,15,16,17). The molecule has 0 aromatic heterocycles. The van der Waals surface area contributed by atoms with Crippen molar-refractivity contribution in [2.75, 3.05) is 18.8 Å². The van der Waals surface area contributed by atoms with E-state index in [1.54, 1.807) is 0 Å². The molecular formula is C12H16BrNO3S. The monoisotopic (exact) mass is 333 g/mol. The maximum atomic E-state index is 10.6. The minimum atomic E-state index is -3.83. The average molecular weight is 334 g/mol. The van der Waals surface area contributed by atoms with Gasteiger partial charge in [0.1, 0.15) is 0 Å². The smallest absolute Gasteiger partial charge is 0.264 e. The highest BCUT2D eigenvalue weighted by Crippen LogP contribution is 2.26. The summed E-state index contributed by atoms with van der Waals surface area (Å²) >= 11 is 3.55. The predicted molar refractivity (Wildman–Crippen MR) is 74.2 cm³/mol. The van der Waals surface area contributed by atoms with Gasteiger partial charge in [-0.2, -0.15) is 8.42 Å². The number of hydrogen-bond donors (Lipinski definition) is 1. The van der Waals surface area contributed by atoms with E-state index in [0.29, 0.717) is 13.0 Å². The molecule has 0 aliphatic carbocycles. The van der Waals surface area contributed by atoms with Crippen LogP contribution in [0.1, 0.15) is 17.5 Å². The van der Waals surface area contributed by atoms with Gasteiger partial charge in [0.25, 0.3) is 10.1 Å². The second-order valence-electron chi connectivity index (χ2n) is 4.54. The van der Waals surface area contributed by atoms with E-state index in [-0.39, 0.29) is 5.75 Å². The van der Waals surface area contributed by atoms with Gasteiger partial charge >= 0.3 is 0 Å². The first-order chi connectivity index (χ1) is 8.46. The van der Waals surface area contributed by atoms with Gasteiger partial charge < -0.3 is 0 Å². The summed E-state index contributed by atoms with van der Waals surface area (Å²) in [6.45, 7) is 2.48. The van der Waals surface area contributed by atoms with E-state index in [1.807, 2.05) is 12.1 Å². The van der Waals surface area contributed by atoms with Gasteiger partial charge in [0.05, 0.1) is 5.75 Å². The van der Waals surface area contributed by atoms with Crippen LogP contribution in [0, 0.1) is 0 Å². The molecule has 1 heterocycles. The number of hydrogen-bond acceptors (Lipinski definition) is 3. The van der Waals surface area contributed by atoms with Crippen LogP contribution in [0.25, 0.3) is 0 Å². The molecule has 0 atom stereocenters. The van der Waals surface area contributed by atoms with Crippen molar-refractivity contribution in [3.8, 4) is 0 Å². The van der Waals surface area contributed by atoms with Crippen LogP contribution in [0.15, 0.2) is 22.7 Å². The number of nitrogens with zero attached hydrogens (tertiary/aromatic N) is 1. The van der Waals surface area contributed by atoms with Gasteiger partial charge in [0.2, 0.25) is 0 Å².